The molecule has 0 aromatic heterocycles. The van der Waals surface area contributed by atoms with Crippen LogP contribution in [0.1, 0.15) is 29.8 Å². The van der Waals surface area contributed by atoms with Crippen LogP contribution >= 0.6 is 0 Å². The lowest BCUT2D eigenvalue weighted by Gasteiger charge is -2.06. The molecule has 4 nitrogen and oxygen atoms in total. The Morgan fingerprint density at radius 2 is 2.11 bits per heavy atom. The Hall–Kier alpha value is -2.10. The molecule has 1 rings (SSSR count). The van der Waals surface area contributed by atoms with Crippen LogP contribution in [0.2, 0.25) is 0 Å². The Kier molecular flexibility index (Phi) is 5.11. The molecule has 0 unspecified atom stereocenters. The van der Waals surface area contributed by atoms with E-state index in [0.29, 0.717) is 18.5 Å². The number of hydrogen-bond donors (Lipinski definition) is 2. The third-order valence-electron chi connectivity index (χ3n) is 2.66. The van der Waals surface area contributed by atoms with Gasteiger partial charge in [0.2, 0.25) is 5.91 Å². The molecule has 2 N–H and O–H groups in total. The second-order valence-corrected chi connectivity index (χ2v) is 3.98. The molecule has 0 radical (unpaired) electrons. The molecule has 1 aromatic carbocycles. The minimum Gasteiger partial charge on any atom is -0.478 e. The van der Waals surface area contributed by atoms with Crippen molar-refractivity contribution in [3.05, 3.63) is 47.0 Å². The summed E-state index contributed by atoms with van der Waals surface area (Å²) in [4.78, 5) is 22.3. The Morgan fingerprint density at radius 1 is 1.39 bits per heavy atom. The molecule has 0 atom stereocenters. The number of amides is 1. The number of carbonyl (C=O) groups excluding carboxylic acids is 1. The van der Waals surface area contributed by atoms with Gasteiger partial charge in [0.05, 0.1) is 5.56 Å². The van der Waals surface area contributed by atoms with E-state index < -0.39 is 5.97 Å². The molecule has 0 fully saturated rings. The topological polar surface area (TPSA) is 66.4 Å². The highest BCUT2D eigenvalue weighted by atomic mass is 16.4. The van der Waals surface area contributed by atoms with Gasteiger partial charge in [-0.15, -0.1) is 0 Å². The number of aromatic carboxylic acids is 1. The number of hydrogen-bond acceptors (Lipinski definition) is 2. The maximum atomic E-state index is 11.5. The summed E-state index contributed by atoms with van der Waals surface area (Å²) < 4.78 is 0. The van der Waals surface area contributed by atoms with Crippen LogP contribution < -0.4 is 5.32 Å². The van der Waals surface area contributed by atoms with Gasteiger partial charge in [-0.2, -0.15) is 0 Å². The van der Waals surface area contributed by atoms with Crippen molar-refractivity contribution in [2.75, 3.05) is 6.54 Å². The van der Waals surface area contributed by atoms with E-state index in [0.717, 1.165) is 5.56 Å². The summed E-state index contributed by atoms with van der Waals surface area (Å²) in [6.07, 6.45) is 2.37. The van der Waals surface area contributed by atoms with Crippen molar-refractivity contribution in [3.63, 3.8) is 0 Å². The monoisotopic (exact) mass is 247 g/mol. The van der Waals surface area contributed by atoms with E-state index in [9.17, 15) is 9.59 Å². The minimum absolute atomic E-state index is 0.0908. The van der Waals surface area contributed by atoms with Crippen LogP contribution in [0.5, 0.6) is 0 Å². The van der Waals surface area contributed by atoms with Gasteiger partial charge < -0.3 is 10.4 Å². The normalized spacial score (nSPS) is 11.1. The van der Waals surface area contributed by atoms with Crippen LogP contribution in [0.15, 0.2) is 35.9 Å². The largest absolute Gasteiger partial charge is 0.478 e. The van der Waals surface area contributed by atoms with Gasteiger partial charge in [-0.1, -0.05) is 18.2 Å². The predicted molar refractivity (Wildman–Crippen MR) is 69.5 cm³/mol. The highest BCUT2D eigenvalue weighted by molar-refractivity contribution is 5.92. The van der Waals surface area contributed by atoms with E-state index in [1.54, 1.807) is 31.2 Å². The number of carboxylic acids is 1. The molecule has 0 bridgehead atoms. The first-order chi connectivity index (χ1) is 8.54. The van der Waals surface area contributed by atoms with Gasteiger partial charge in [-0.25, -0.2) is 4.79 Å². The molecule has 1 amide bonds. The van der Waals surface area contributed by atoms with Gasteiger partial charge in [0, 0.05) is 12.1 Å². The van der Waals surface area contributed by atoms with E-state index in [1.807, 2.05) is 13.0 Å². The standard InChI is InChI=1S/C14H17NO3/c1-3-10(2)13(16)15-8-7-11-5-4-6-12(9-11)14(17)18/h3-6,9H,7-8H2,1-2H3,(H,15,16)(H,17,18)/b10-3-. The van der Waals surface area contributed by atoms with E-state index in [-0.39, 0.29) is 11.5 Å². The van der Waals surface area contributed by atoms with Crippen molar-refractivity contribution < 1.29 is 14.7 Å². The maximum Gasteiger partial charge on any atom is 0.335 e. The molecule has 96 valence electrons. The summed E-state index contributed by atoms with van der Waals surface area (Å²) >= 11 is 0. The molecule has 0 aliphatic carbocycles. The lowest BCUT2D eigenvalue weighted by Crippen LogP contribution is -2.26. The Bertz CT molecular complexity index is 478. The zero-order valence-corrected chi connectivity index (χ0v) is 10.6. The number of carboxylic acid groups (broad SMARTS) is 1. The van der Waals surface area contributed by atoms with Gasteiger partial charge in [0.15, 0.2) is 0 Å². The number of rotatable bonds is 5. The highest BCUT2D eigenvalue weighted by Gasteiger charge is 2.04. The minimum atomic E-state index is -0.939. The average Bonchev–Trinajstić information content (AvgIpc) is 2.38. The molecule has 0 spiro atoms. The summed E-state index contributed by atoms with van der Waals surface area (Å²) in [7, 11) is 0. The number of benzene rings is 1. The Morgan fingerprint density at radius 3 is 2.72 bits per heavy atom. The quantitative estimate of drug-likeness (QED) is 0.782. The van der Waals surface area contributed by atoms with E-state index >= 15 is 0 Å². The van der Waals surface area contributed by atoms with Crippen molar-refractivity contribution in [3.8, 4) is 0 Å². The van der Waals surface area contributed by atoms with Crippen molar-refractivity contribution in [1.82, 2.24) is 5.32 Å². The molecule has 0 aliphatic rings. The smallest absolute Gasteiger partial charge is 0.335 e. The maximum absolute atomic E-state index is 11.5. The second kappa shape index (κ2) is 6.59. The molecule has 0 saturated heterocycles. The Balaban J connectivity index is 2.52. The fraction of sp³-hybridized carbons (Fsp3) is 0.286. The van der Waals surface area contributed by atoms with Crippen molar-refractivity contribution in [2.45, 2.75) is 20.3 Å². The molecule has 0 saturated carbocycles. The lowest BCUT2D eigenvalue weighted by atomic mass is 10.1. The van der Waals surface area contributed by atoms with Gasteiger partial charge >= 0.3 is 5.97 Å². The number of carbonyl (C=O) groups is 2. The SMILES string of the molecule is C/C=C(/C)C(=O)NCCc1cccc(C(=O)O)c1. The first kappa shape index (κ1) is 14.0. The third kappa shape index (κ3) is 4.05. The first-order valence-electron chi connectivity index (χ1n) is 5.78. The molecular formula is C14H17NO3. The Labute approximate surface area is 106 Å². The second-order valence-electron chi connectivity index (χ2n) is 3.98. The van der Waals surface area contributed by atoms with E-state index in [2.05, 4.69) is 5.32 Å². The van der Waals surface area contributed by atoms with E-state index in [4.69, 9.17) is 5.11 Å². The van der Waals surface area contributed by atoms with Crippen molar-refractivity contribution in [2.24, 2.45) is 0 Å². The van der Waals surface area contributed by atoms with Gasteiger partial charge in [0.25, 0.3) is 0 Å². The molecule has 0 aliphatic heterocycles. The average molecular weight is 247 g/mol. The van der Waals surface area contributed by atoms with Crippen LogP contribution in [-0.4, -0.2) is 23.5 Å². The fourth-order valence-corrected chi connectivity index (χ4v) is 1.45. The van der Waals surface area contributed by atoms with Gasteiger partial charge in [-0.05, 0) is 38.0 Å². The molecule has 1 aromatic rings. The zero-order valence-electron chi connectivity index (χ0n) is 10.6. The zero-order chi connectivity index (χ0) is 13.5. The van der Waals surface area contributed by atoms with Crippen molar-refractivity contribution in [1.29, 1.82) is 0 Å². The highest BCUT2D eigenvalue weighted by Crippen LogP contribution is 2.05. The van der Waals surface area contributed by atoms with Crippen LogP contribution in [0.4, 0.5) is 0 Å². The number of allylic oxidation sites excluding steroid dienone is 1. The fourth-order valence-electron chi connectivity index (χ4n) is 1.45. The molecule has 0 heterocycles. The number of nitrogens with one attached hydrogen (secondary N) is 1. The van der Waals surface area contributed by atoms with Crippen LogP contribution in [-0.2, 0) is 11.2 Å². The van der Waals surface area contributed by atoms with Crippen LogP contribution in [0, 0.1) is 0 Å². The predicted octanol–water partition coefficient (Wildman–Crippen LogP) is 2.01. The van der Waals surface area contributed by atoms with Gasteiger partial charge in [-0.3, -0.25) is 4.79 Å². The molecular weight excluding hydrogens is 230 g/mol. The lowest BCUT2D eigenvalue weighted by molar-refractivity contribution is -0.117. The third-order valence-corrected chi connectivity index (χ3v) is 2.66. The summed E-state index contributed by atoms with van der Waals surface area (Å²) in [5, 5.41) is 11.6. The van der Waals surface area contributed by atoms with Crippen LogP contribution in [0.25, 0.3) is 0 Å². The van der Waals surface area contributed by atoms with Crippen molar-refractivity contribution >= 4 is 11.9 Å². The summed E-state index contributed by atoms with van der Waals surface area (Å²) in [5.74, 6) is -1.03. The summed E-state index contributed by atoms with van der Waals surface area (Å²) in [6, 6.07) is 6.73. The summed E-state index contributed by atoms with van der Waals surface area (Å²) in [6.45, 7) is 4.05. The van der Waals surface area contributed by atoms with Crippen LogP contribution in [0.3, 0.4) is 0 Å². The van der Waals surface area contributed by atoms with Gasteiger partial charge in [0.1, 0.15) is 0 Å². The molecule has 18 heavy (non-hydrogen) atoms. The summed E-state index contributed by atoms with van der Waals surface area (Å²) in [5.41, 5.74) is 1.84. The molecule has 4 heteroatoms. The first-order valence-corrected chi connectivity index (χ1v) is 5.78. The van der Waals surface area contributed by atoms with E-state index in [1.165, 1.54) is 0 Å².